The molecule has 0 bridgehead atoms. The summed E-state index contributed by atoms with van der Waals surface area (Å²) in [4.78, 5) is 33.3. The van der Waals surface area contributed by atoms with E-state index in [0.29, 0.717) is 10.8 Å². The Hall–Kier alpha value is -2.89. The zero-order valence-corrected chi connectivity index (χ0v) is 10.2. The lowest BCUT2D eigenvalue weighted by Crippen LogP contribution is -2.13. The molecule has 102 valence electrons. The molecule has 0 aliphatic heterocycles. The Kier molecular flexibility index (Phi) is 3.65. The lowest BCUT2D eigenvalue weighted by atomic mass is 10.00. The second-order valence-electron chi connectivity index (χ2n) is 3.98. The van der Waals surface area contributed by atoms with Gasteiger partial charge in [0.25, 0.3) is 0 Å². The average Bonchev–Trinajstić information content (AvgIpc) is 2.43. The topological polar surface area (TPSA) is 101 Å². The van der Waals surface area contributed by atoms with Crippen LogP contribution in [0.4, 0.5) is 0 Å². The van der Waals surface area contributed by atoms with Crippen LogP contribution < -0.4 is 0 Å². The predicted molar refractivity (Wildman–Crippen MR) is 68.8 cm³/mol. The van der Waals surface area contributed by atoms with Gasteiger partial charge in [-0.3, -0.25) is 0 Å². The van der Waals surface area contributed by atoms with Gasteiger partial charge in [0.1, 0.15) is 0 Å². The van der Waals surface area contributed by atoms with Crippen molar-refractivity contribution in [3.8, 4) is 0 Å². The van der Waals surface area contributed by atoms with Crippen LogP contribution in [0.25, 0.3) is 10.8 Å². The number of carboxylic acids is 2. The molecule has 0 atom stereocenters. The molecule has 6 nitrogen and oxygen atoms in total. The molecular formula is C14H10O6. The van der Waals surface area contributed by atoms with Gasteiger partial charge in [-0.25, -0.2) is 14.4 Å². The molecule has 0 radical (unpaired) electrons. The number of hydrogen-bond acceptors (Lipinski definition) is 4. The number of fused-ring (bicyclic) bond motifs is 1. The Balaban J connectivity index is 2.50. The van der Waals surface area contributed by atoms with Crippen LogP contribution in [0, 0.1) is 0 Å². The van der Waals surface area contributed by atoms with Crippen LogP contribution in [0.3, 0.4) is 0 Å². The van der Waals surface area contributed by atoms with Gasteiger partial charge in [0.15, 0.2) is 6.61 Å². The van der Waals surface area contributed by atoms with Crippen molar-refractivity contribution >= 4 is 28.7 Å². The molecule has 6 heteroatoms. The second kappa shape index (κ2) is 5.40. The summed E-state index contributed by atoms with van der Waals surface area (Å²) in [6.45, 7) is -0.742. The smallest absolute Gasteiger partial charge is 0.341 e. The van der Waals surface area contributed by atoms with Gasteiger partial charge in [0.05, 0.1) is 11.1 Å². The van der Waals surface area contributed by atoms with E-state index >= 15 is 0 Å². The number of esters is 1. The maximum Gasteiger partial charge on any atom is 0.341 e. The number of aromatic carboxylic acids is 1. The van der Waals surface area contributed by atoms with E-state index < -0.39 is 24.5 Å². The van der Waals surface area contributed by atoms with Gasteiger partial charge < -0.3 is 14.9 Å². The van der Waals surface area contributed by atoms with Crippen LogP contribution in [0.5, 0.6) is 0 Å². The molecule has 0 aliphatic carbocycles. The number of aliphatic carboxylic acids is 1. The molecule has 0 amide bonds. The van der Waals surface area contributed by atoms with Crippen LogP contribution in [0.2, 0.25) is 0 Å². The largest absolute Gasteiger partial charge is 0.479 e. The minimum Gasteiger partial charge on any atom is -0.479 e. The number of rotatable bonds is 4. The Morgan fingerprint density at radius 2 is 1.45 bits per heavy atom. The number of carbonyl (C=O) groups excluding carboxylic acids is 1. The number of carboxylic acid groups (broad SMARTS) is 2. The standard InChI is InChI=1S/C14H10O6/c15-12(16)7-20-14(19)11-6-2-3-8-9(11)4-1-5-10(8)13(17)18/h1-6H,7H2,(H,15,16)(H,17,18). The van der Waals surface area contributed by atoms with Crippen molar-refractivity contribution < 1.29 is 29.3 Å². The first-order valence-corrected chi connectivity index (χ1v) is 5.64. The fourth-order valence-electron chi connectivity index (χ4n) is 1.88. The van der Waals surface area contributed by atoms with E-state index in [-0.39, 0.29) is 11.1 Å². The van der Waals surface area contributed by atoms with Gasteiger partial charge in [-0.1, -0.05) is 24.3 Å². The highest BCUT2D eigenvalue weighted by molar-refractivity contribution is 6.10. The third-order valence-electron chi connectivity index (χ3n) is 2.70. The molecule has 0 heterocycles. The first kappa shape index (κ1) is 13.5. The molecule has 0 spiro atoms. The fraction of sp³-hybridized carbons (Fsp3) is 0.0714. The summed E-state index contributed by atoms with van der Waals surface area (Å²) < 4.78 is 4.61. The van der Waals surface area contributed by atoms with E-state index in [1.165, 1.54) is 24.3 Å². The number of benzene rings is 2. The van der Waals surface area contributed by atoms with Crippen LogP contribution >= 0.6 is 0 Å². The Morgan fingerprint density at radius 1 is 0.900 bits per heavy atom. The first-order valence-electron chi connectivity index (χ1n) is 5.64. The third-order valence-corrected chi connectivity index (χ3v) is 2.70. The normalized spacial score (nSPS) is 10.2. The van der Waals surface area contributed by atoms with E-state index in [1.54, 1.807) is 12.1 Å². The monoisotopic (exact) mass is 274 g/mol. The minimum atomic E-state index is -1.26. The van der Waals surface area contributed by atoms with Crippen LogP contribution in [0.1, 0.15) is 20.7 Å². The summed E-state index contributed by atoms with van der Waals surface area (Å²) in [5.41, 5.74) is 0.197. The quantitative estimate of drug-likeness (QED) is 0.824. The average molecular weight is 274 g/mol. The van der Waals surface area contributed by atoms with Crippen molar-refractivity contribution in [3.05, 3.63) is 47.5 Å². The molecule has 0 aliphatic rings. The van der Waals surface area contributed by atoms with Crippen molar-refractivity contribution in [2.75, 3.05) is 6.61 Å². The van der Waals surface area contributed by atoms with Crippen molar-refractivity contribution in [3.63, 3.8) is 0 Å². The van der Waals surface area contributed by atoms with Gasteiger partial charge >= 0.3 is 17.9 Å². The molecule has 0 aromatic heterocycles. The van der Waals surface area contributed by atoms with Crippen LogP contribution in [-0.2, 0) is 9.53 Å². The maximum atomic E-state index is 11.8. The van der Waals surface area contributed by atoms with Gasteiger partial charge in [-0.05, 0) is 22.9 Å². The lowest BCUT2D eigenvalue weighted by Gasteiger charge is -2.07. The van der Waals surface area contributed by atoms with Crippen molar-refractivity contribution in [1.82, 2.24) is 0 Å². The molecular weight excluding hydrogens is 264 g/mol. The highest BCUT2D eigenvalue weighted by Crippen LogP contribution is 2.23. The van der Waals surface area contributed by atoms with Crippen molar-refractivity contribution in [2.45, 2.75) is 0 Å². The summed E-state index contributed by atoms with van der Waals surface area (Å²) in [6, 6.07) is 9.08. The van der Waals surface area contributed by atoms with Gasteiger partial charge in [-0.2, -0.15) is 0 Å². The van der Waals surface area contributed by atoms with E-state index in [9.17, 15) is 14.4 Å². The van der Waals surface area contributed by atoms with Crippen molar-refractivity contribution in [1.29, 1.82) is 0 Å². The minimum absolute atomic E-state index is 0.0652. The van der Waals surface area contributed by atoms with E-state index in [4.69, 9.17) is 10.2 Å². The fourth-order valence-corrected chi connectivity index (χ4v) is 1.88. The summed E-state index contributed by atoms with van der Waals surface area (Å²) in [5, 5.41) is 18.4. The Labute approximate surface area is 113 Å². The van der Waals surface area contributed by atoms with Gasteiger partial charge in [0, 0.05) is 0 Å². The highest BCUT2D eigenvalue weighted by Gasteiger charge is 2.15. The zero-order valence-electron chi connectivity index (χ0n) is 10.2. The van der Waals surface area contributed by atoms with Crippen LogP contribution in [0.15, 0.2) is 36.4 Å². The predicted octanol–water partition coefficient (Wildman–Crippen LogP) is 1.78. The Bertz CT molecular complexity index is 704. The van der Waals surface area contributed by atoms with Crippen LogP contribution in [-0.4, -0.2) is 34.7 Å². The lowest BCUT2D eigenvalue weighted by molar-refractivity contribution is -0.140. The number of hydrogen-bond donors (Lipinski definition) is 2. The number of ether oxygens (including phenoxy) is 1. The maximum absolute atomic E-state index is 11.8. The molecule has 0 saturated carbocycles. The molecule has 0 fully saturated rings. The molecule has 2 aromatic rings. The third kappa shape index (κ3) is 2.59. The molecule has 0 saturated heterocycles. The summed E-state index contributed by atoms with van der Waals surface area (Å²) in [5.74, 6) is -3.17. The Morgan fingerprint density at radius 3 is 2.00 bits per heavy atom. The van der Waals surface area contributed by atoms with E-state index in [2.05, 4.69) is 4.74 Å². The summed E-state index contributed by atoms with van der Waals surface area (Å²) in [7, 11) is 0. The molecule has 2 aromatic carbocycles. The van der Waals surface area contributed by atoms with E-state index in [1.807, 2.05) is 0 Å². The SMILES string of the molecule is O=C(O)COC(=O)c1cccc2c(C(=O)O)cccc12. The second-order valence-corrected chi connectivity index (χ2v) is 3.98. The van der Waals surface area contributed by atoms with E-state index in [0.717, 1.165) is 0 Å². The summed E-state index contributed by atoms with van der Waals surface area (Å²) >= 11 is 0. The first-order chi connectivity index (χ1) is 9.50. The molecule has 2 N–H and O–H groups in total. The van der Waals surface area contributed by atoms with Gasteiger partial charge in [0.2, 0.25) is 0 Å². The highest BCUT2D eigenvalue weighted by atomic mass is 16.5. The van der Waals surface area contributed by atoms with Crippen molar-refractivity contribution in [2.24, 2.45) is 0 Å². The molecule has 0 unspecified atom stereocenters. The zero-order chi connectivity index (χ0) is 14.7. The number of carbonyl (C=O) groups is 3. The summed E-state index contributed by atoms with van der Waals surface area (Å²) in [6.07, 6.45) is 0. The molecule has 20 heavy (non-hydrogen) atoms. The molecule has 2 rings (SSSR count). The van der Waals surface area contributed by atoms with Gasteiger partial charge in [-0.15, -0.1) is 0 Å².